The van der Waals surface area contributed by atoms with Gasteiger partial charge in [0.1, 0.15) is 5.75 Å². The van der Waals surface area contributed by atoms with E-state index in [9.17, 15) is 5.11 Å². The van der Waals surface area contributed by atoms with Crippen LogP contribution in [-0.2, 0) is 6.54 Å². The zero-order valence-electron chi connectivity index (χ0n) is 13.1. The van der Waals surface area contributed by atoms with Gasteiger partial charge in [-0.05, 0) is 92.7 Å². The van der Waals surface area contributed by atoms with Crippen LogP contribution in [0, 0.1) is 10.5 Å². The maximum Gasteiger partial charge on any atom is 0.123 e. The summed E-state index contributed by atoms with van der Waals surface area (Å²) in [5.74, 6) is 0.439. The molecule has 0 saturated carbocycles. The molecule has 22 heavy (non-hydrogen) atoms. The van der Waals surface area contributed by atoms with Crippen LogP contribution >= 0.6 is 47.4 Å². The van der Waals surface area contributed by atoms with E-state index in [2.05, 4.69) is 38.9 Å². The van der Waals surface area contributed by atoms with Crippen molar-refractivity contribution in [3.8, 4) is 5.75 Å². The highest BCUT2D eigenvalue weighted by atomic mass is 127. The molecular weight excluding hydrogens is 434 g/mol. The second-order valence-corrected chi connectivity index (χ2v) is 6.91. The minimum Gasteiger partial charge on any atom is -0.507 e. The van der Waals surface area contributed by atoms with Crippen molar-refractivity contribution in [1.29, 1.82) is 0 Å². The zero-order valence-corrected chi connectivity index (χ0v) is 16.9. The normalized spacial score (nSPS) is 15.0. The number of aryl methyl sites for hydroxylation is 1. The molecule has 1 fully saturated rings. The molecule has 1 aromatic carbocycles. The fourth-order valence-electron chi connectivity index (χ4n) is 2.77. The molecule has 2 N–H and O–H groups in total. The molecule has 128 valence electrons. The molecule has 0 spiro atoms. The van der Waals surface area contributed by atoms with Crippen molar-refractivity contribution in [3.05, 3.63) is 26.8 Å². The van der Waals surface area contributed by atoms with Gasteiger partial charge in [0.2, 0.25) is 0 Å². The fourth-order valence-corrected chi connectivity index (χ4v) is 3.62. The molecule has 6 heteroatoms. The molecule has 0 bridgehead atoms. The van der Waals surface area contributed by atoms with Crippen molar-refractivity contribution >= 4 is 47.4 Å². The van der Waals surface area contributed by atoms with Gasteiger partial charge in [0.05, 0.1) is 0 Å². The third-order valence-electron chi connectivity index (χ3n) is 3.94. The van der Waals surface area contributed by atoms with E-state index < -0.39 is 0 Å². The quantitative estimate of drug-likeness (QED) is 0.495. The van der Waals surface area contributed by atoms with Gasteiger partial charge < -0.3 is 15.3 Å². The van der Waals surface area contributed by atoms with Crippen molar-refractivity contribution in [2.75, 3.05) is 26.2 Å². The first-order valence-electron chi connectivity index (χ1n) is 7.58. The van der Waals surface area contributed by atoms with Gasteiger partial charge in [-0.25, -0.2) is 0 Å². The Kier molecular flexibility index (Phi) is 11.9. The van der Waals surface area contributed by atoms with Crippen LogP contribution in [0.25, 0.3) is 0 Å². The molecule has 2 rings (SSSR count). The van der Waals surface area contributed by atoms with Crippen molar-refractivity contribution in [1.82, 2.24) is 10.2 Å². The van der Waals surface area contributed by atoms with E-state index in [0.717, 1.165) is 24.2 Å². The number of nitrogens with one attached hydrogen (secondary N) is 1. The number of piperidine rings is 1. The first kappa shape index (κ1) is 22.2. The molecule has 0 aliphatic carbocycles. The Morgan fingerprint density at radius 3 is 2.55 bits per heavy atom. The Morgan fingerprint density at radius 2 is 1.86 bits per heavy atom. The van der Waals surface area contributed by atoms with Gasteiger partial charge in [-0.2, -0.15) is 0 Å². The molecule has 1 aliphatic rings. The second kappa shape index (κ2) is 11.7. The predicted octanol–water partition coefficient (Wildman–Crippen LogP) is 4.11. The van der Waals surface area contributed by atoms with E-state index in [-0.39, 0.29) is 24.8 Å². The number of likely N-dealkylation sites (tertiary alicyclic amines) is 1. The van der Waals surface area contributed by atoms with E-state index >= 15 is 0 Å². The summed E-state index contributed by atoms with van der Waals surface area (Å²) < 4.78 is 1.18. The number of phenols is 1. The summed E-state index contributed by atoms with van der Waals surface area (Å²) in [5, 5.41) is 13.5. The van der Waals surface area contributed by atoms with Gasteiger partial charge in [-0.15, -0.1) is 24.8 Å². The Morgan fingerprint density at radius 1 is 1.18 bits per heavy atom. The number of hydrogen-bond acceptors (Lipinski definition) is 3. The zero-order chi connectivity index (χ0) is 14.4. The largest absolute Gasteiger partial charge is 0.507 e. The summed E-state index contributed by atoms with van der Waals surface area (Å²) in [6.45, 7) is 7.47. The number of benzene rings is 1. The molecule has 1 saturated heterocycles. The molecule has 0 amide bonds. The van der Waals surface area contributed by atoms with Gasteiger partial charge in [0, 0.05) is 15.7 Å². The Bertz CT molecular complexity index is 440. The smallest absolute Gasteiger partial charge is 0.123 e. The summed E-state index contributed by atoms with van der Waals surface area (Å²) in [6, 6.07) is 4.07. The van der Waals surface area contributed by atoms with Gasteiger partial charge in [0.25, 0.3) is 0 Å². The van der Waals surface area contributed by atoms with Crippen LogP contribution in [0.15, 0.2) is 12.1 Å². The number of nitrogens with zero attached hydrogens (tertiary/aromatic N) is 1. The number of halogens is 3. The number of rotatable bonds is 6. The summed E-state index contributed by atoms with van der Waals surface area (Å²) in [5.41, 5.74) is 1.97. The van der Waals surface area contributed by atoms with Gasteiger partial charge in [-0.1, -0.05) is 6.42 Å². The summed E-state index contributed by atoms with van der Waals surface area (Å²) >= 11 is 2.30. The summed E-state index contributed by atoms with van der Waals surface area (Å²) in [6.07, 6.45) is 5.32. The maximum absolute atomic E-state index is 10.0. The SMILES string of the molecule is Cc1cc(I)cc(CNCCCN2CCCCC2)c1O.Cl.Cl. The molecule has 0 unspecified atom stereocenters. The van der Waals surface area contributed by atoms with Gasteiger partial charge >= 0.3 is 0 Å². The standard InChI is InChI=1S/C16H25IN2O.2ClH/c1-13-10-15(17)11-14(16(13)20)12-18-6-5-9-19-7-3-2-4-8-19;;/h10-11,18,20H,2-9,12H2,1H3;2*1H. The van der Waals surface area contributed by atoms with Crippen LogP contribution in [0.4, 0.5) is 0 Å². The Hall–Kier alpha value is 0.250. The first-order chi connectivity index (χ1) is 9.66. The lowest BCUT2D eigenvalue weighted by Gasteiger charge is -2.26. The third-order valence-corrected chi connectivity index (χ3v) is 4.56. The molecule has 1 aliphatic heterocycles. The van der Waals surface area contributed by atoms with Crippen molar-refractivity contribution in [2.24, 2.45) is 0 Å². The average molecular weight is 461 g/mol. The van der Waals surface area contributed by atoms with Crippen LogP contribution in [0.5, 0.6) is 5.75 Å². The van der Waals surface area contributed by atoms with E-state index in [1.165, 1.54) is 48.9 Å². The van der Waals surface area contributed by atoms with Crippen molar-refractivity contribution in [2.45, 2.75) is 39.2 Å². The maximum atomic E-state index is 10.0. The first-order valence-corrected chi connectivity index (χ1v) is 8.66. The molecule has 1 aromatic rings. The van der Waals surface area contributed by atoms with Crippen LogP contribution in [-0.4, -0.2) is 36.2 Å². The van der Waals surface area contributed by atoms with E-state index in [0.29, 0.717) is 5.75 Å². The highest BCUT2D eigenvalue weighted by molar-refractivity contribution is 14.1. The van der Waals surface area contributed by atoms with Gasteiger partial charge in [0.15, 0.2) is 0 Å². The average Bonchev–Trinajstić information content (AvgIpc) is 2.44. The van der Waals surface area contributed by atoms with Crippen LogP contribution in [0.3, 0.4) is 0 Å². The van der Waals surface area contributed by atoms with Crippen LogP contribution in [0.2, 0.25) is 0 Å². The van der Waals surface area contributed by atoms with E-state index in [4.69, 9.17) is 0 Å². The van der Waals surface area contributed by atoms with E-state index in [1.54, 1.807) is 0 Å². The fraction of sp³-hybridized carbons (Fsp3) is 0.625. The molecular formula is C16H27Cl2IN2O. The molecule has 3 nitrogen and oxygen atoms in total. The molecule has 0 aromatic heterocycles. The minimum absolute atomic E-state index is 0. The summed E-state index contributed by atoms with van der Waals surface area (Å²) in [4.78, 5) is 2.57. The predicted molar refractivity (Wildman–Crippen MR) is 107 cm³/mol. The van der Waals surface area contributed by atoms with Crippen molar-refractivity contribution < 1.29 is 5.11 Å². The highest BCUT2D eigenvalue weighted by Gasteiger charge is 2.09. The topological polar surface area (TPSA) is 35.5 Å². The van der Waals surface area contributed by atoms with Crippen LogP contribution in [0.1, 0.15) is 36.8 Å². The third kappa shape index (κ3) is 7.21. The highest BCUT2D eigenvalue weighted by Crippen LogP contribution is 2.24. The lowest BCUT2D eigenvalue weighted by Crippen LogP contribution is -2.32. The number of phenolic OH excluding ortho intramolecular Hbond substituents is 1. The lowest BCUT2D eigenvalue weighted by atomic mass is 10.1. The lowest BCUT2D eigenvalue weighted by molar-refractivity contribution is 0.225. The molecule has 0 radical (unpaired) electrons. The number of aromatic hydroxyl groups is 1. The van der Waals surface area contributed by atoms with Gasteiger partial charge in [-0.3, -0.25) is 0 Å². The minimum atomic E-state index is 0. The Balaban J connectivity index is 0.00000220. The molecule has 1 heterocycles. The van der Waals surface area contributed by atoms with E-state index in [1.807, 2.05) is 13.0 Å². The van der Waals surface area contributed by atoms with Crippen molar-refractivity contribution in [3.63, 3.8) is 0 Å². The van der Waals surface area contributed by atoms with Crippen LogP contribution < -0.4 is 5.32 Å². The second-order valence-electron chi connectivity index (χ2n) is 5.66. The number of hydrogen-bond donors (Lipinski definition) is 2. The Labute approximate surface area is 160 Å². The molecule has 0 atom stereocenters. The monoisotopic (exact) mass is 460 g/mol. The summed E-state index contributed by atoms with van der Waals surface area (Å²) in [7, 11) is 0.